The van der Waals surface area contributed by atoms with Crippen LogP contribution in [0.5, 0.6) is 0 Å². The van der Waals surface area contributed by atoms with Crippen molar-refractivity contribution in [2.24, 2.45) is 0 Å². The summed E-state index contributed by atoms with van der Waals surface area (Å²) in [6.07, 6.45) is 23.9. The van der Waals surface area contributed by atoms with Gasteiger partial charge >= 0.3 is 5.97 Å². The van der Waals surface area contributed by atoms with Crippen molar-refractivity contribution in [3.63, 3.8) is 0 Å². The third-order valence-corrected chi connectivity index (χ3v) is 16.7. The minimum Gasteiger partial charge on any atom is -0.486 e. The first-order valence-electron chi connectivity index (χ1n) is 23.9. The summed E-state index contributed by atoms with van der Waals surface area (Å²) in [5.74, 6) is -1.16. The van der Waals surface area contributed by atoms with Gasteiger partial charge in [-0.1, -0.05) is 143 Å². The first kappa shape index (κ1) is 47.5. The molecule has 2 aromatic carbocycles. The third-order valence-electron chi connectivity index (χ3n) is 12.8. The van der Waals surface area contributed by atoms with E-state index >= 15 is 0 Å². The summed E-state index contributed by atoms with van der Waals surface area (Å²) >= 11 is 5.56. The van der Waals surface area contributed by atoms with Crippen LogP contribution in [0.1, 0.15) is 177 Å². The molecule has 3 aromatic heterocycles. The number of aliphatic carboxylic acids is 1. The summed E-state index contributed by atoms with van der Waals surface area (Å²) in [5, 5.41) is 9.82. The Hall–Kier alpha value is -3.96. The number of hydrogen-bond donors (Lipinski definition) is 1. The van der Waals surface area contributed by atoms with Crippen LogP contribution >= 0.6 is 34.0 Å². The maximum atomic E-state index is 12.0. The van der Waals surface area contributed by atoms with Gasteiger partial charge in [-0.3, -0.25) is 4.79 Å². The van der Waals surface area contributed by atoms with Gasteiger partial charge in [-0.2, -0.15) is 0 Å². The molecule has 0 amide bonds. The van der Waals surface area contributed by atoms with Gasteiger partial charge in [-0.15, -0.1) is 34.0 Å². The Morgan fingerprint density at radius 3 is 1.74 bits per heavy atom. The Morgan fingerprint density at radius 2 is 1.15 bits per heavy atom. The SMILES string of the molecule is [C-]#[N+]/C(=C\c1sc(-c2sc(-c3sc(-c4ccc5c(c4)C(C)(C)c4ccccc4N5CCCCCC)cc3CCCCCC)cc2CCCCCC)cc1CCCCCC)C(=O)O. The highest BCUT2D eigenvalue weighted by molar-refractivity contribution is 7.27. The van der Waals surface area contributed by atoms with E-state index in [1.165, 1.54) is 153 Å². The van der Waals surface area contributed by atoms with E-state index in [0.717, 1.165) is 49.9 Å². The van der Waals surface area contributed by atoms with Gasteiger partial charge in [-0.05, 0) is 121 Å². The van der Waals surface area contributed by atoms with Gasteiger partial charge in [-0.25, -0.2) is 4.85 Å². The van der Waals surface area contributed by atoms with Crippen LogP contribution < -0.4 is 4.90 Å². The maximum Gasteiger partial charge on any atom is 0.333 e. The summed E-state index contributed by atoms with van der Waals surface area (Å²) in [6, 6.07) is 23.7. The number of fused-ring (bicyclic) bond motifs is 2. The van der Waals surface area contributed by atoms with Crippen LogP contribution in [0.3, 0.4) is 0 Å². The summed E-state index contributed by atoms with van der Waals surface area (Å²) < 4.78 is 0. The Balaban J connectivity index is 1.44. The van der Waals surface area contributed by atoms with Crippen molar-refractivity contribution in [1.29, 1.82) is 0 Å². The van der Waals surface area contributed by atoms with Crippen LogP contribution in [-0.4, -0.2) is 17.6 Å². The number of thiophene rings is 3. The number of carboxylic acid groups (broad SMARTS) is 1. The zero-order chi connectivity index (χ0) is 44.1. The van der Waals surface area contributed by atoms with Crippen molar-refractivity contribution in [2.45, 2.75) is 169 Å². The van der Waals surface area contributed by atoms with Crippen molar-refractivity contribution >= 4 is 57.4 Å². The quantitative estimate of drug-likeness (QED) is 0.0361. The lowest BCUT2D eigenvalue weighted by molar-refractivity contribution is -0.132. The molecule has 1 N–H and O–H groups in total. The highest BCUT2D eigenvalue weighted by Gasteiger charge is 2.36. The summed E-state index contributed by atoms with van der Waals surface area (Å²) in [5.41, 5.74) is 10.5. The van der Waals surface area contributed by atoms with E-state index in [1.54, 1.807) is 17.4 Å². The van der Waals surface area contributed by atoms with E-state index in [4.69, 9.17) is 6.57 Å². The summed E-state index contributed by atoms with van der Waals surface area (Å²) in [4.78, 5) is 25.5. The molecule has 0 spiro atoms. The zero-order valence-electron chi connectivity index (χ0n) is 38.5. The maximum absolute atomic E-state index is 12.0. The molecule has 0 unspecified atom stereocenters. The predicted molar refractivity (Wildman–Crippen MR) is 272 cm³/mol. The molecule has 0 aliphatic carbocycles. The van der Waals surface area contributed by atoms with Crippen LogP contribution in [0.25, 0.3) is 40.9 Å². The number of hydrogen-bond acceptors (Lipinski definition) is 5. The van der Waals surface area contributed by atoms with Crippen LogP contribution in [-0.2, 0) is 29.5 Å². The zero-order valence-corrected chi connectivity index (χ0v) is 40.9. The topological polar surface area (TPSA) is 44.9 Å². The second-order valence-corrected chi connectivity index (χ2v) is 21.1. The van der Waals surface area contributed by atoms with E-state index in [2.05, 4.69) is 112 Å². The van der Waals surface area contributed by atoms with Crippen molar-refractivity contribution < 1.29 is 9.90 Å². The first-order chi connectivity index (χ1) is 30.1. The average Bonchev–Trinajstić information content (AvgIpc) is 4.01. The van der Waals surface area contributed by atoms with E-state index in [-0.39, 0.29) is 11.1 Å². The lowest BCUT2D eigenvalue weighted by atomic mass is 9.73. The van der Waals surface area contributed by atoms with Crippen molar-refractivity contribution in [3.8, 4) is 29.9 Å². The minimum absolute atomic E-state index is 0.121. The second-order valence-electron chi connectivity index (χ2n) is 17.9. The predicted octanol–water partition coefficient (Wildman–Crippen LogP) is 17.9. The lowest BCUT2D eigenvalue weighted by Crippen LogP contribution is -2.33. The summed E-state index contributed by atoms with van der Waals surface area (Å²) in [7, 11) is 0. The molecule has 1 aliphatic heterocycles. The number of carboxylic acids is 1. The smallest absolute Gasteiger partial charge is 0.333 e. The molecule has 0 radical (unpaired) electrons. The van der Waals surface area contributed by atoms with Crippen LogP contribution in [0.4, 0.5) is 11.4 Å². The van der Waals surface area contributed by atoms with Crippen molar-refractivity contribution in [1.82, 2.24) is 0 Å². The number of unbranched alkanes of at least 4 members (excludes halogenated alkanes) is 12. The summed E-state index contributed by atoms with van der Waals surface area (Å²) in [6.45, 7) is 22.5. The molecular weight excluding hydrogens is 817 g/mol. The number of carbonyl (C=O) groups is 1. The molecule has 330 valence electrons. The molecule has 0 atom stereocenters. The first-order valence-corrected chi connectivity index (χ1v) is 26.3. The van der Waals surface area contributed by atoms with Crippen LogP contribution in [0.15, 0.2) is 66.4 Å². The fraction of sp³-hybridized carbons (Fsp3) is 0.491. The van der Waals surface area contributed by atoms with Gasteiger partial charge in [0.2, 0.25) is 0 Å². The molecule has 6 rings (SSSR count). The number of rotatable bonds is 25. The molecular formula is C55H70N2O2S3. The Labute approximate surface area is 386 Å². The van der Waals surface area contributed by atoms with Crippen molar-refractivity contribution in [2.75, 3.05) is 11.4 Å². The van der Waals surface area contributed by atoms with Gasteiger partial charge in [0.25, 0.3) is 5.70 Å². The number of aryl methyl sites for hydroxylation is 3. The van der Waals surface area contributed by atoms with Gasteiger partial charge in [0.15, 0.2) is 0 Å². The normalized spacial score (nSPS) is 13.3. The molecule has 4 heterocycles. The van der Waals surface area contributed by atoms with Crippen LogP contribution in [0.2, 0.25) is 0 Å². The van der Waals surface area contributed by atoms with Gasteiger partial charge in [0.1, 0.15) is 0 Å². The molecule has 0 saturated carbocycles. The molecule has 5 aromatic rings. The Morgan fingerprint density at radius 1 is 0.629 bits per heavy atom. The molecule has 0 saturated heterocycles. The highest BCUT2D eigenvalue weighted by Crippen LogP contribution is 2.52. The number of benzene rings is 2. The van der Waals surface area contributed by atoms with Gasteiger partial charge < -0.3 is 10.0 Å². The Kier molecular flexibility index (Phi) is 17.7. The fourth-order valence-electron chi connectivity index (χ4n) is 9.14. The molecule has 0 fully saturated rings. The number of anilines is 2. The van der Waals surface area contributed by atoms with Gasteiger partial charge in [0, 0.05) is 52.6 Å². The molecule has 0 bridgehead atoms. The average molecular weight is 887 g/mol. The molecule has 1 aliphatic rings. The molecule has 4 nitrogen and oxygen atoms in total. The second kappa shape index (κ2) is 23.1. The van der Waals surface area contributed by atoms with Crippen molar-refractivity contribution in [3.05, 3.63) is 110 Å². The largest absolute Gasteiger partial charge is 0.486 e. The van der Waals surface area contributed by atoms with E-state index in [1.807, 2.05) is 22.7 Å². The minimum atomic E-state index is -1.16. The lowest BCUT2D eigenvalue weighted by Gasteiger charge is -2.42. The van der Waals surface area contributed by atoms with E-state index < -0.39 is 5.97 Å². The standard InChI is InChI=1S/C55H70N2O2S3/c1-8-12-16-20-26-39-35-50(60-49(39)38-45(56-7)54(58)59)52-42(28-22-18-14-10-3)37-51(62-52)53-41(27-21-17-13-9-2)36-48(61-53)40-31-32-47-44(34-40)55(5,6)43-29-23-24-30-46(43)57(47)33-25-19-15-11-4/h23-24,29-32,34-38H,8-22,25-28,33H2,1-6H3,(H,58,59)/b45-38-. The number of para-hydroxylation sites is 1. The highest BCUT2D eigenvalue weighted by atomic mass is 32.1. The molecule has 62 heavy (non-hydrogen) atoms. The number of nitrogens with zero attached hydrogens (tertiary/aromatic N) is 2. The van der Waals surface area contributed by atoms with Gasteiger partial charge in [0.05, 0.1) is 6.57 Å². The molecule has 7 heteroatoms. The third kappa shape index (κ3) is 11.4. The Bertz CT molecular complexity index is 2310. The van der Waals surface area contributed by atoms with E-state index in [9.17, 15) is 9.90 Å². The fourth-order valence-corrected chi connectivity index (χ4v) is 13.0. The van der Waals surface area contributed by atoms with Crippen LogP contribution in [0, 0.1) is 6.57 Å². The van der Waals surface area contributed by atoms with E-state index in [0.29, 0.717) is 0 Å². The monoisotopic (exact) mass is 886 g/mol.